The summed E-state index contributed by atoms with van der Waals surface area (Å²) in [6.45, 7) is 17.0. The van der Waals surface area contributed by atoms with Crippen LogP contribution in [0.2, 0.25) is 39.3 Å². The molecule has 108 valence electrons. The Morgan fingerprint density at radius 1 is 0.944 bits per heavy atom. The minimum atomic E-state index is -2.05. The predicted octanol–water partition coefficient (Wildman–Crippen LogP) is 6.12. The second-order valence-corrected chi connectivity index (χ2v) is 41.3. The van der Waals surface area contributed by atoms with Crippen LogP contribution in [0.1, 0.15) is 0 Å². The summed E-state index contributed by atoms with van der Waals surface area (Å²) in [6.07, 6.45) is 0. The van der Waals surface area contributed by atoms with Crippen LogP contribution >= 0.6 is 49.1 Å². The molecule has 0 saturated heterocycles. The molecule has 0 unspecified atom stereocenters. The molecule has 0 radical (unpaired) electrons. The Morgan fingerprint density at radius 2 is 1.39 bits per heavy atom. The van der Waals surface area contributed by atoms with E-state index in [1.807, 2.05) is 5.70 Å². The summed E-state index contributed by atoms with van der Waals surface area (Å²) in [4.78, 5) is 0. The maximum atomic E-state index is 6.39. The zero-order chi connectivity index (χ0) is 14.6. The number of halogens is 3. The molecule has 0 aliphatic heterocycles. The molecule has 0 saturated carbocycles. The summed E-state index contributed by atoms with van der Waals surface area (Å²) < 4.78 is 15.0. The fraction of sp³-hybridized carbons (Fsp3) is 0.600. The Labute approximate surface area is 142 Å². The van der Waals surface area contributed by atoms with E-state index >= 15 is 0 Å². The molecule has 0 aliphatic carbocycles. The second-order valence-electron chi connectivity index (χ2n) is 5.53. The fourth-order valence-electron chi connectivity index (χ4n) is 1.56. The van der Waals surface area contributed by atoms with Gasteiger partial charge in [-0.3, -0.25) is 0 Å². The molecule has 0 bridgehead atoms. The van der Waals surface area contributed by atoms with E-state index in [-0.39, 0.29) is 0 Å². The van der Waals surface area contributed by atoms with Crippen molar-refractivity contribution in [3.8, 4) is 0 Å². The van der Waals surface area contributed by atoms with Crippen molar-refractivity contribution < 1.29 is 8.23 Å². The van der Waals surface area contributed by atoms with Gasteiger partial charge in [-0.25, -0.2) is 0 Å². The molecule has 0 aromatic heterocycles. The average molecular weight is 640 g/mol. The summed E-state index contributed by atoms with van der Waals surface area (Å²) in [5, 5.41) is 0. The monoisotopic (exact) mass is 640 g/mol. The Morgan fingerprint density at radius 3 is 1.78 bits per heavy atom. The van der Waals surface area contributed by atoms with Crippen molar-refractivity contribution in [3.05, 3.63) is 22.1 Å². The molecule has 2 nitrogen and oxygen atoms in total. The van der Waals surface area contributed by atoms with Gasteiger partial charge in [0.15, 0.2) is 0 Å². The van der Waals surface area contributed by atoms with E-state index in [4.69, 9.17) is 8.23 Å². The third kappa shape index (κ3) is 10.0. The molecular formula is C10H23I3O2Si3. The van der Waals surface area contributed by atoms with Gasteiger partial charge < -0.3 is 0 Å². The van der Waals surface area contributed by atoms with Crippen molar-refractivity contribution in [1.29, 1.82) is 0 Å². The van der Waals surface area contributed by atoms with Crippen LogP contribution in [0, 0.1) is 0 Å². The molecule has 0 N–H and O–H groups in total. The van der Waals surface area contributed by atoms with E-state index in [9.17, 15) is 0 Å². The van der Waals surface area contributed by atoms with Crippen LogP contribution in [-0.4, -0.2) is 25.2 Å². The van der Waals surface area contributed by atoms with Crippen LogP contribution in [0.4, 0.5) is 0 Å². The first-order valence-corrected chi connectivity index (χ1v) is 28.2. The second kappa shape index (κ2) is 8.03. The zero-order valence-corrected chi connectivity index (χ0v) is 21.4. The maximum absolute atomic E-state index is 6.39. The summed E-state index contributed by atoms with van der Waals surface area (Å²) in [7, 11) is -5.55. The van der Waals surface area contributed by atoms with E-state index < -0.39 is 37.1 Å². The van der Waals surface area contributed by atoms with E-state index in [0.717, 1.165) is 0 Å². The quantitative estimate of drug-likeness (QED) is 0.247. The van der Waals surface area contributed by atoms with Crippen LogP contribution in [0.15, 0.2) is 22.1 Å². The van der Waals surface area contributed by atoms with Crippen molar-refractivity contribution in [2.24, 2.45) is 0 Å². The Kier molecular flexibility index (Phi) is 9.03. The molecule has 8 heteroatoms. The van der Waals surface area contributed by atoms with Crippen molar-refractivity contribution >= 4 is 74.3 Å². The van der Waals surface area contributed by atoms with E-state index in [1.54, 1.807) is 0 Å². The number of hydrogen-bond donors (Lipinski definition) is 0. The molecule has 0 aromatic rings. The summed E-state index contributed by atoms with van der Waals surface area (Å²) in [6, 6.07) is 0. The third-order valence-electron chi connectivity index (χ3n) is 2.07. The van der Waals surface area contributed by atoms with Gasteiger partial charge in [0.2, 0.25) is 0 Å². The molecule has 18 heavy (non-hydrogen) atoms. The topological polar surface area (TPSA) is 18.5 Å². The molecule has 0 atom stereocenters. The van der Waals surface area contributed by atoms with Crippen LogP contribution in [0.25, 0.3) is 0 Å². The van der Waals surface area contributed by atoms with Gasteiger partial charge in [-0.2, -0.15) is 0 Å². The van der Waals surface area contributed by atoms with Gasteiger partial charge >= 0.3 is 144 Å². The van der Waals surface area contributed by atoms with Crippen LogP contribution in [-0.2, 0) is 8.23 Å². The van der Waals surface area contributed by atoms with Gasteiger partial charge in [-0.1, -0.05) is 0 Å². The van der Waals surface area contributed by atoms with E-state index in [1.165, 1.54) is 0 Å². The Hall–Kier alpha value is 2.24. The standard InChI is InChI=1S/C10H23I3O2Si3/c1-8-16(2,3)14-18(6,7)15-17(4,5)10-9-13(11)12/h8-10H,1H2,2-7H3. The molecule has 0 rings (SSSR count). The number of rotatable bonds is 7. The van der Waals surface area contributed by atoms with Crippen molar-refractivity contribution in [3.63, 3.8) is 0 Å². The van der Waals surface area contributed by atoms with Crippen molar-refractivity contribution in [2.45, 2.75) is 39.3 Å². The summed E-state index contributed by atoms with van der Waals surface area (Å²) in [5.74, 6) is 0. The first kappa shape index (κ1) is 20.2. The van der Waals surface area contributed by atoms with Crippen LogP contribution in [0.5, 0.6) is 0 Å². The van der Waals surface area contributed by atoms with Gasteiger partial charge in [0.05, 0.1) is 0 Å². The first-order chi connectivity index (χ1) is 7.89. The van der Waals surface area contributed by atoms with Gasteiger partial charge in [-0.15, -0.1) is 0 Å². The van der Waals surface area contributed by atoms with Crippen LogP contribution in [0.3, 0.4) is 0 Å². The first-order valence-electron chi connectivity index (χ1n) is 5.64. The van der Waals surface area contributed by atoms with Crippen molar-refractivity contribution in [1.82, 2.24) is 0 Å². The molecule has 0 fully saturated rings. The van der Waals surface area contributed by atoms with Gasteiger partial charge in [0.1, 0.15) is 0 Å². The third-order valence-corrected chi connectivity index (χ3v) is 17.4. The number of hydrogen-bond acceptors (Lipinski definition) is 2. The summed E-state index contributed by atoms with van der Waals surface area (Å²) in [5.41, 5.74) is 4.31. The molecule has 0 amide bonds. The Balaban J connectivity index is 4.70. The zero-order valence-electron chi connectivity index (χ0n) is 11.9. The molecule has 0 heterocycles. The fourth-order valence-corrected chi connectivity index (χ4v) is 22.1. The normalized spacial score (nSPS) is 15.0. The van der Waals surface area contributed by atoms with Gasteiger partial charge in [-0.05, 0) is 0 Å². The Bertz CT molecular complexity index is 317. The van der Waals surface area contributed by atoms with Crippen molar-refractivity contribution in [2.75, 3.05) is 0 Å². The predicted molar refractivity (Wildman–Crippen MR) is 116 cm³/mol. The summed E-state index contributed by atoms with van der Waals surface area (Å²) >= 11 is 4.23. The van der Waals surface area contributed by atoms with E-state index in [0.29, 0.717) is 0 Å². The van der Waals surface area contributed by atoms with Gasteiger partial charge in [0.25, 0.3) is 0 Å². The molecule has 0 aromatic carbocycles. The van der Waals surface area contributed by atoms with Crippen LogP contribution < -0.4 is 0 Å². The SMILES string of the molecule is C=C[Si](C)(C)O[Si](C)(C)O[Si](C)(C)C=CI(I)I. The molecule has 0 spiro atoms. The molecule has 0 aliphatic rings. The molecular weight excluding hydrogens is 617 g/mol. The van der Waals surface area contributed by atoms with E-state index in [2.05, 4.69) is 92.9 Å². The van der Waals surface area contributed by atoms with Gasteiger partial charge in [0, 0.05) is 0 Å². The average Bonchev–Trinajstić information content (AvgIpc) is 2.11. The minimum absolute atomic E-state index is 0.862.